The van der Waals surface area contributed by atoms with Crippen molar-refractivity contribution in [1.82, 2.24) is 15.2 Å². The molecule has 1 aromatic carbocycles. The summed E-state index contributed by atoms with van der Waals surface area (Å²) >= 11 is 6.79. The number of nitrogens with zero attached hydrogens (tertiary/aromatic N) is 3. The van der Waals surface area contributed by atoms with Crippen LogP contribution in [0.5, 0.6) is 0 Å². The lowest BCUT2D eigenvalue weighted by atomic mass is 10.1. The zero-order valence-electron chi connectivity index (χ0n) is 12.8. The van der Waals surface area contributed by atoms with E-state index in [0.717, 1.165) is 23.9 Å². The van der Waals surface area contributed by atoms with Gasteiger partial charge in [-0.25, -0.2) is 0 Å². The second kappa shape index (κ2) is 7.46. The second-order valence-corrected chi connectivity index (χ2v) is 6.38. The van der Waals surface area contributed by atoms with Gasteiger partial charge in [-0.05, 0) is 36.4 Å². The predicted octanol–water partition coefficient (Wildman–Crippen LogP) is 4.78. The molecule has 0 aliphatic rings. The Labute approximate surface area is 154 Å². The third-order valence-corrected chi connectivity index (χ3v) is 4.28. The third kappa shape index (κ3) is 4.41. The molecule has 0 N–H and O–H groups in total. The summed E-state index contributed by atoms with van der Waals surface area (Å²) in [4.78, 5) is 15.7. The smallest absolute Gasteiger partial charge is 0.410 e. The van der Waals surface area contributed by atoms with Gasteiger partial charge in [-0.15, -0.1) is 10.2 Å². The zero-order valence-corrected chi connectivity index (χ0v) is 14.4. The summed E-state index contributed by atoms with van der Waals surface area (Å²) in [5, 5.41) is 8.13. The van der Waals surface area contributed by atoms with E-state index < -0.39 is 11.7 Å². The molecule has 134 valence electrons. The van der Waals surface area contributed by atoms with E-state index >= 15 is 0 Å². The highest BCUT2D eigenvalue weighted by Gasteiger charge is 2.30. The molecule has 26 heavy (non-hydrogen) atoms. The fourth-order valence-corrected chi connectivity index (χ4v) is 2.69. The first-order valence-corrected chi connectivity index (χ1v) is 8.48. The largest absolute Gasteiger partial charge is 0.417 e. The Hall–Kier alpha value is -2.39. The molecule has 0 unspecified atom stereocenters. The number of pyridine rings is 1. The van der Waals surface area contributed by atoms with Crippen LogP contribution in [0.4, 0.5) is 13.2 Å². The van der Waals surface area contributed by atoms with Crippen molar-refractivity contribution in [3.63, 3.8) is 0 Å². The van der Waals surface area contributed by atoms with Crippen molar-refractivity contribution in [2.75, 3.05) is 5.75 Å². The van der Waals surface area contributed by atoms with E-state index in [1.165, 1.54) is 0 Å². The molecular weight excluding hydrogens is 391 g/mol. The summed E-state index contributed by atoms with van der Waals surface area (Å²) in [5.74, 6) is -0.122. The van der Waals surface area contributed by atoms with Crippen LogP contribution in [0.25, 0.3) is 11.6 Å². The van der Waals surface area contributed by atoms with Gasteiger partial charge in [-0.3, -0.25) is 9.78 Å². The van der Waals surface area contributed by atoms with Crippen LogP contribution in [0.15, 0.2) is 52.2 Å². The maximum Gasteiger partial charge on any atom is 0.417 e. The molecule has 2 aromatic heterocycles. The quantitative estimate of drug-likeness (QED) is 0.454. The molecule has 0 aliphatic carbocycles. The maximum atomic E-state index is 12.5. The van der Waals surface area contributed by atoms with Crippen molar-refractivity contribution < 1.29 is 22.4 Å². The number of rotatable bonds is 5. The topological polar surface area (TPSA) is 68.9 Å². The first kappa shape index (κ1) is 18.4. The predicted molar refractivity (Wildman–Crippen MR) is 89.0 cm³/mol. The molecule has 0 aliphatic heterocycles. The van der Waals surface area contributed by atoms with E-state index in [4.69, 9.17) is 16.0 Å². The molecule has 5 nitrogen and oxygen atoms in total. The van der Waals surface area contributed by atoms with Gasteiger partial charge < -0.3 is 4.42 Å². The van der Waals surface area contributed by atoms with Crippen LogP contribution in [-0.2, 0) is 6.18 Å². The normalized spacial score (nSPS) is 11.5. The second-order valence-electron chi connectivity index (χ2n) is 5.02. The standard InChI is InChI=1S/C16H9ClF3N3O2S/c17-11-4-1-9(2-5-11)13(24)8-26-15-23-22-14(25-15)12-6-3-10(7-21-12)16(18,19)20/h1-7H,8H2. The highest BCUT2D eigenvalue weighted by atomic mass is 35.5. The zero-order chi connectivity index (χ0) is 18.7. The number of carbonyl (C=O) groups excluding carboxylic acids is 1. The molecule has 0 fully saturated rings. The molecule has 3 rings (SSSR count). The van der Waals surface area contributed by atoms with Gasteiger partial charge in [0.15, 0.2) is 5.78 Å². The minimum atomic E-state index is -4.47. The van der Waals surface area contributed by atoms with Gasteiger partial charge in [-0.2, -0.15) is 13.2 Å². The van der Waals surface area contributed by atoms with E-state index in [1.54, 1.807) is 24.3 Å². The lowest BCUT2D eigenvalue weighted by Gasteiger charge is -2.05. The van der Waals surface area contributed by atoms with E-state index in [0.29, 0.717) is 16.8 Å². The number of hydrogen-bond donors (Lipinski definition) is 0. The Balaban J connectivity index is 1.64. The van der Waals surface area contributed by atoms with E-state index in [-0.39, 0.29) is 28.3 Å². The molecule has 3 aromatic rings. The highest BCUT2D eigenvalue weighted by Crippen LogP contribution is 2.30. The van der Waals surface area contributed by atoms with Gasteiger partial charge in [0.25, 0.3) is 11.1 Å². The summed E-state index contributed by atoms with van der Waals surface area (Å²) in [6.45, 7) is 0. The summed E-state index contributed by atoms with van der Waals surface area (Å²) in [6, 6.07) is 8.46. The Morgan fingerprint density at radius 3 is 2.46 bits per heavy atom. The monoisotopic (exact) mass is 399 g/mol. The molecule has 0 spiro atoms. The molecule has 0 amide bonds. The fourth-order valence-electron chi connectivity index (χ4n) is 1.91. The molecular formula is C16H9ClF3N3O2S. The van der Waals surface area contributed by atoms with Crippen LogP contribution in [0.2, 0.25) is 5.02 Å². The number of ketones is 1. The van der Waals surface area contributed by atoms with Crippen molar-refractivity contribution in [1.29, 1.82) is 0 Å². The molecule has 10 heteroatoms. The fraction of sp³-hybridized carbons (Fsp3) is 0.125. The Morgan fingerprint density at radius 1 is 1.12 bits per heavy atom. The molecule has 0 radical (unpaired) electrons. The molecule has 2 heterocycles. The van der Waals surface area contributed by atoms with Crippen molar-refractivity contribution in [3.8, 4) is 11.6 Å². The number of hydrogen-bond acceptors (Lipinski definition) is 6. The van der Waals surface area contributed by atoms with Crippen LogP contribution in [0.3, 0.4) is 0 Å². The average molecular weight is 400 g/mol. The average Bonchev–Trinajstić information content (AvgIpc) is 3.09. The van der Waals surface area contributed by atoms with E-state index in [1.807, 2.05) is 0 Å². The first-order chi connectivity index (χ1) is 12.3. The molecule has 0 bridgehead atoms. The number of alkyl halides is 3. The maximum absolute atomic E-state index is 12.5. The van der Waals surface area contributed by atoms with Crippen LogP contribution in [0.1, 0.15) is 15.9 Å². The lowest BCUT2D eigenvalue weighted by molar-refractivity contribution is -0.137. The van der Waals surface area contributed by atoms with Crippen molar-refractivity contribution in [2.24, 2.45) is 0 Å². The SMILES string of the molecule is O=C(CSc1nnc(-c2ccc(C(F)(F)F)cn2)o1)c1ccc(Cl)cc1. The first-order valence-electron chi connectivity index (χ1n) is 7.11. The van der Waals surface area contributed by atoms with Gasteiger partial charge in [0, 0.05) is 16.8 Å². The van der Waals surface area contributed by atoms with Gasteiger partial charge in [0.05, 0.1) is 11.3 Å². The van der Waals surface area contributed by atoms with Crippen molar-refractivity contribution in [3.05, 3.63) is 58.7 Å². The van der Waals surface area contributed by atoms with Crippen LogP contribution >= 0.6 is 23.4 Å². The molecule has 0 saturated heterocycles. The number of thioether (sulfide) groups is 1. The number of carbonyl (C=O) groups is 1. The van der Waals surface area contributed by atoms with Crippen molar-refractivity contribution >= 4 is 29.1 Å². The van der Waals surface area contributed by atoms with Crippen molar-refractivity contribution in [2.45, 2.75) is 11.4 Å². The molecule has 0 atom stereocenters. The highest BCUT2D eigenvalue weighted by molar-refractivity contribution is 7.99. The summed E-state index contributed by atoms with van der Waals surface area (Å²) in [5.41, 5.74) is -0.267. The van der Waals surface area contributed by atoms with Gasteiger partial charge in [0.2, 0.25) is 0 Å². The number of halogens is 4. The van der Waals surface area contributed by atoms with Gasteiger partial charge in [-0.1, -0.05) is 23.4 Å². The summed E-state index contributed by atoms with van der Waals surface area (Å²) < 4.78 is 42.9. The number of Topliss-reactive ketones (excluding diaryl/α,β-unsaturated/α-hetero) is 1. The van der Waals surface area contributed by atoms with Crippen LogP contribution in [0, 0.1) is 0 Å². The molecule has 0 saturated carbocycles. The van der Waals surface area contributed by atoms with E-state index in [9.17, 15) is 18.0 Å². The van der Waals surface area contributed by atoms with Crippen LogP contribution in [-0.4, -0.2) is 26.7 Å². The Morgan fingerprint density at radius 2 is 1.85 bits per heavy atom. The Bertz CT molecular complexity index is 912. The third-order valence-electron chi connectivity index (χ3n) is 3.21. The van der Waals surface area contributed by atoms with Crippen LogP contribution < -0.4 is 0 Å². The van der Waals surface area contributed by atoms with E-state index in [2.05, 4.69) is 15.2 Å². The minimum Gasteiger partial charge on any atom is -0.410 e. The lowest BCUT2D eigenvalue weighted by Crippen LogP contribution is -2.05. The Kier molecular flexibility index (Phi) is 5.28. The van der Waals surface area contributed by atoms with Gasteiger partial charge >= 0.3 is 6.18 Å². The summed E-state index contributed by atoms with van der Waals surface area (Å²) in [7, 11) is 0. The minimum absolute atomic E-state index is 0.0276. The van der Waals surface area contributed by atoms with Gasteiger partial charge in [0.1, 0.15) is 5.69 Å². The number of aromatic nitrogens is 3. The number of benzene rings is 1. The summed E-state index contributed by atoms with van der Waals surface area (Å²) in [6.07, 6.45) is -3.78.